The fraction of sp³-hybridized carbons (Fsp3) is 0.867. The van der Waals surface area contributed by atoms with Crippen LogP contribution >= 0.6 is 0 Å². The molecule has 3 saturated heterocycles. The van der Waals surface area contributed by atoms with Crippen molar-refractivity contribution in [2.75, 3.05) is 40.0 Å². The molecule has 3 aliphatic heterocycles. The Labute approximate surface area is 130 Å². The van der Waals surface area contributed by atoms with Gasteiger partial charge in [0.05, 0.1) is 18.3 Å². The lowest BCUT2D eigenvalue weighted by Crippen LogP contribution is -2.40. The van der Waals surface area contributed by atoms with Gasteiger partial charge in [-0.25, -0.2) is 0 Å². The van der Waals surface area contributed by atoms with Crippen molar-refractivity contribution in [2.45, 2.75) is 43.5 Å². The summed E-state index contributed by atoms with van der Waals surface area (Å²) in [4.78, 5) is 25.5. The first-order valence-electron chi connectivity index (χ1n) is 7.98. The molecule has 0 aromatic carbocycles. The number of carbonyl (C=O) groups excluding carboxylic acids is 2. The molecular formula is C15H24N2O5. The molecule has 0 saturated carbocycles. The van der Waals surface area contributed by atoms with E-state index in [4.69, 9.17) is 14.2 Å². The lowest BCUT2D eigenvalue weighted by atomic mass is 9.98. The van der Waals surface area contributed by atoms with E-state index in [2.05, 4.69) is 5.32 Å². The normalized spacial score (nSPS) is 34.5. The van der Waals surface area contributed by atoms with Crippen molar-refractivity contribution in [3.8, 4) is 0 Å². The number of rotatable bonds is 4. The summed E-state index contributed by atoms with van der Waals surface area (Å²) in [6.45, 7) is 2.53. The van der Waals surface area contributed by atoms with Crippen LogP contribution in [0.15, 0.2) is 0 Å². The minimum Gasteiger partial charge on any atom is -0.370 e. The molecule has 2 amide bonds. The van der Waals surface area contributed by atoms with Crippen LogP contribution in [0.3, 0.4) is 0 Å². The standard InChI is InChI=1S/C15H24N2O5/c1-16-13(18)9-21-11-7-15(22-8-11)4-5-17(10-15)14(19)12-3-2-6-20-12/h11-12H,2-10H2,1H3,(H,16,18)/t11-,12-,15-/m0/s1. The fourth-order valence-electron chi connectivity index (χ4n) is 3.47. The van der Waals surface area contributed by atoms with Gasteiger partial charge in [0, 0.05) is 33.2 Å². The van der Waals surface area contributed by atoms with Crippen LogP contribution in [0.1, 0.15) is 25.7 Å². The van der Waals surface area contributed by atoms with Crippen molar-refractivity contribution in [3.05, 3.63) is 0 Å². The molecule has 3 heterocycles. The Morgan fingerprint density at radius 2 is 2.32 bits per heavy atom. The number of amides is 2. The van der Waals surface area contributed by atoms with Crippen LogP contribution in [0, 0.1) is 0 Å². The van der Waals surface area contributed by atoms with Crippen LogP contribution in [-0.2, 0) is 23.8 Å². The highest BCUT2D eigenvalue weighted by Gasteiger charge is 2.48. The quantitative estimate of drug-likeness (QED) is 0.770. The van der Waals surface area contributed by atoms with E-state index < -0.39 is 0 Å². The predicted molar refractivity (Wildman–Crippen MR) is 77.3 cm³/mol. The first kappa shape index (κ1) is 15.7. The zero-order valence-electron chi connectivity index (χ0n) is 13.0. The zero-order chi connectivity index (χ0) is 15.6. The van der Waals surface area contributed by atoms with Gasteiger partial charge in [-0.3, -0.25) is 9.59 Å². The number of likely N-dealkylation sites (tertiary alicyclic amines) is 1. The Morgan fingerprint density at radius 1 is 1.45 bits per heavy atom. The molecule has 1 spiro atoms. The van der Waals surface area contributed by atoms with E-state index in [1.807, 2.05) is 4.90 Å². The van der Waals surface area contributed by atoms with Crippen LogP contribution in [0.4, 0.5) is 0 Å². The number of ether oxygens (including phenoxy) is 3. The largest absolute Gasteiger partial charge is 0.370 e. The minimum absolute atomic E-state index is 0.0547. The van der Waals surface area contributed by atoms with Gasteiger partial charge in [-0.2, -0.15) is 0 Å². The summed E-state index contributed by atoms with van der Waals surface area (Å²) in [6, 6.07) is 0. The summed E-state index contributed by atoms with van der Waals surface area (Å²) >= 11 is 0. The maximum Gasteiger partial charge on any atom is 0.251 e. The Hall–Kier alpha value is -1.18. The van der Waals surface area contributed by atoms with E-state index in [-0.39, 0.29) is 36.2 Å². The Kier molecular flexibility index (Phi) is 4.65. The number of likely N-dealkylation sites (N-methyl/N-ethyl adjacent to an activating group) is 1. The summed E-state index contributed by atoms with van der Waals surface area (Å²) in [7, 11) is 1.59. The molecule has 0 aromatic heterocycles. The maximum atomic E-state index is 12.4. The average molecular weight is 312 g/mol. The van der Waals surface area contributed by atoms with Gasteiger partial charge in [-0.1, -0.05) is 0 Å². The molecule has 0 radical (unpaired) electrons. The summed E-state index contributed by atoms with van der Waals surface area (Å²) in [5.41, 5.74) is -0.304. The van der Waals surface area contributed by atoms with Crippen LogP contribution in [0.25, 0.3) is 0 Å². The van der Waals surface area contributed by atoms with E-state index in [1.165, 1.54) is 0 Å². The van der Waals surface area contributed by atoms with Gasteiger partial charge in [-0.15, -0.1) is 0 Å². The van der Waals surface area contributed by atoms with E-state index >= 15 is 0 Å². The molecule has 3 rings (SSSR count). The average Bonchev–Trinajstić information content (AvgIpc) is 3.26. The molecular weight excluding hydrogens is 288 g/mol. The van der Waals surface area contributed by atoms with E-state index in [0.29, 0.717) is 26.3 Å². The molecule has 3 atom stereocenters. The summed E-state index contributed by atoms with van der Waals surface area (Å²) in [5.74, 6) is -0.0461. The second-order valence-electron chi connectivity index (χ2n) is 6.32. The second-order valence-corrected chi connectivity index (χ2v) is 6.32. The third kappa shape index (κ3) is 3.26. The van der Waals surface area contributed by atoms with Gasteiger partial charge in [0.1, 0.15) is 12.7 Å². The van der Waals surface area contributed by atoms with Crippen molar-refractivity contribution in [2.24, 2.45) is 0 Å². The van der Waals surface area contributed by atoms with Gasteiger partial charge in [0.25, 0.3) is 5.91 Å². The highest BCUT2D eigenvalue weighted by Crippen LogP contribution is 2.36. The van der Waals surface area contributed by atoms with Crippen molar-refractivity contribution < 1.29 is 23.8 Å². The predicted octanol–water partition coefficient (Wildman–Crippen LogP) is -0.312. The summed E-state index contributed by atoms with van der Waals surface area (Å²) in [5, 5.41) is 2.53. The molecule has 1 N–H and O–H groups in total. The van der Waals surface area contributed by atoms with Gasteiger partial charge >= 0.3 is 0 Å². The number of hydrogen-bond acceptors (Lipinski definition) is 5. The van der Waals surface area contributed by atoms with Gasteiger partial charge in [0.2, 0.25) is 5.91 Å². The Morgan fingerprint density at radius 3 is 3.05 bits per heavy atom. The van der Waals surface area contributed by atoms with Crippen molar-refractivity contribution >= 4 is 11.8 Å². The summed E-state index contributed by atoms with van der Waals surface area (Å²) < 4.78 is 17.0. The van der Waals surface area contributed by atoms with Crippen molar-refractivity contribution in [1.82, 2.24) is 10.2 Å². The van der Waals surface area contributed by atoms with Crippen molar-refractivity contribution in [1.29, 1.82) is 0 Å². The van der Waals surface area contributed by atoms with E-state index in [9.17, 15) is 9.59 Å². The van der Waals surface area contributed by atoms with Gasteiger partial charge in [0.15, 0.2) is 0 Å². The molecule has 3 fully saturated rings. The molecule has 0 aliphatic carbocycles. The van der Waals surface area contributed by atoms with E-state index in [0.717, 1.165) is 25.7 Å². The van der Waals surface area contributed by atoms with Gasteiger partial charge in [-0.05, 0) is 19.3 Å². The topological polar surface area (TPSA) is 77.1 Å². The second kappa shape index (κ2) is 6.52. The SMILES string of the molecule is CNC(=O)CO[C@@H]1CO[C@@]2(CCN(C(=O)[C@@H]3CCCO3)C2)C1. The molecule has 0 aromatic rings. The maximum absolute atomic E-state index is 12.4. The molecule has 124 valence electrons. The zero-order valence-corrected chi connectivity index (χ0v) is 13.0. The molecule has 7 nitrogen and oxygen atoms in total. The van der Waals surface area contributed by atoms with Crippen LogP contribution in [0.2, 0.25) is 0 Å². The Balaban J connectivity index is 1.49. The third-order valence-corrected chi connectivity index (χ3v) is 4.74. The number of nitrogens with zero attached hydrogens (tertiary/aromatic N) is 1. The minimum atomic E-state index is -0.304. The smallest absolute Gasteiger partial charge is 0.251 e. The monoisotopic (exact) mass is 312 g/mol. The first-order valence-corrected chi connectivity index (χ1v) is 7.98. The fourth-order valence-corrected chi connectivity index (χ4v) is 3.47. The van der Waals surface area contributed by atoms with Crippen LogP contribution < -0.4 is 5.32 Å². The first-order chi connectivity index (χ1) is 10.6. The van der Waals surface area contributed by atoms with Crippen LogP contribution in [-0.4, -0.2) is 74.5 Å². The number of carbonyl (C=O) groups is 2. The highest BCUT2D eigenvalue weighted by atomic mass is 16.6. The molecule has 7 heteroatoms. The third-order valence-electron chi connectivity index (χ3n) is 4.74. The van der Waals surface area contributed by atoms with Crippen molar-refractivity contribution in [3.63, 3.8) is 0 Å². The highest BCUT2D eigenvalue weighted by molar-refractivity contribution is 5.81. The molecule has 22 heavy (non-hydrogen) atoms. The molecule has 0 unspecified atom stereocenters. The lowest BCUT2D eigenvalue weighted by molar-refractivity contribution is -0.140. The summed E-state index contributed by atoms with van der Waals surface area (Å²) in [6.07, 6.45) is 3.00. The molecule has 0 bridgehead atoms. The Bertz CT molecular complexity index is 438. The number of nitrogens with one attached hydrogen (secondary N) is 1. The van der Waals surface area contributed by atoms with Gasteiger partial charge < -0.3 is 24.4 Å². The lowest BCUT2D eigenvalue weighted by Gasteiger charge is -2.24. The number of hydrogen-bond donors (Lipinski definition) is 1. The van der Waals surface area contributed by atoms with E-state index in [1.54, 1.807) is 7.05 Å². The molecule has 3 aliphatic rings. The van der Waals surface area contributed by atoms with Crippen LogP contribution in [0.5, 0.6) is 0 Å².